The predicted octanol–water partition coefficient (Wildman–Crippen LogP) is 1.63. The fraction of sp³-hybridized carbons (Fsp3) is 0.364. The van der Waals surface area contributed by atoms with E-state index >= 15 is 0 Å². The zero-order valence-corrected chi connectivity index (χ0v) is 7.99. The summed E-state index contributed by atoms with van der Waals surface area (Å²) in [6.07, 6.45) is 2.34. The first-order valence-corrected chi connectivity index (χ1v) is 4.59. The summed E-state index contributed by atoms with van der Waals surface area (Å²) in [7, 11) is 0. The molecule has 2 rings (SSSR count). The number of aliphatic imine (C=N–C) groups is 1. The van der Waals surface area contributed by atoms with Crippen LogP contribution in [0.1, 0.15) is 11.1 Å². The molecule has 72 valence electrons. The molecule has 0 N–H and O–H groups in total. The van der Waals surface area contributed by atoms with E-state index in [0.29, 0.717) is 6.61 Å². The molecule has 1 atom stereocenters. The van der Waals surface area contributed by atoms with Gasteiger partial charge in [0.1, 0.15) is 18.4 Å². The summed E-state index contributed by atoms with van der Waals surface area (Å²) in [6.45, 7) is 2.50. The number of fused-ring (bicyclic) bond motifs is 1. The van der Waals surface area contributed by atoms with E-state index in [0.717, 1.165) is 17.7 Å². The van der Waals surface area contributed by atoms with Gasteiger partial charge in [-0.1, -0.05) is 12.1 Å². The van der Waals surface area contributed by atoms with Crippen molar-refractivity contribution >= 4 is 6.08 Å². The van der Waals surface area contributed by atoms with Crippen molar-refractivity contribution in [3.8, 4) is 5.75 Å². The van der Waals surface area contributed by atoms with E-state index in [4.69, 9.17) is 4.74 Å². The Balaban J connectivity index is 2.27. The van der Waals surface area contributed by atoms with Gasteiger partial charge >= 0.3 is 0 Å². The number of carbonyl (C=O) groups excluding carboxylic acids is 1. The van der Waals surface area contributed by atoms with E-state index < -0.39 is 0 Å². The average molecular weight is 189 g/mol. The number of isocyanates is 1. The van der Waals surface area contributed by atoms with Crippen molar-refractivity contribution in [1.29, 1.82) is 0 Å². The Bertz CT molecular complexity index is 394. The highest BCUT2D eigenvalue weighted by molar-refractivity contribution is 5.40. The van der Waals surface area contributed by atoms with E-state index in [-0.39, 0.29) is 6.04 Å². The molecule has 0 fully saturated rings. The number of benzene rings is 1. The summed E-state index contributed by atoms with van der Waals surface area (Å²) >= 11 is 0. The van der Waals surface area contributed by atoms with Crippen molar-refractivity contribution in [2.45, 2.75) is 19.4 Å². The lowest BCUT2D eigenvalue weighted by Gasteiger charge is -2.21. The lowest BCUT2D eigenvalue weighted by Crippen LogP contribution is -2.24. The van der Waals surface area contributed by atoms with Crippen LogP contribution in [0.5, 0.6) is 5.75 Å². The number of hydrogen-bond acceptors (Lipinski definition) is 3. The van der Waals surface area contributed by atoms with Crippen LogP contribution in [0.2, 0.25) is 0 Å². The molecule has 1 aromatic carbocycles. The number of hydrogen-bond donors (Lipinski definition) is 0. The van der Waals surface area contributed by atoms with Gasteiger partial charge in [-0.15, -0.1) is 0 Å². The Morgan fingerprint density at radius 3 is 3.21 bits per heavy atom. The first-order chi connectivity index (χ1) is 6.79. The lowest BCUT2D eigenvalue weighted by atomic mass is 10.0. The average Bonchev–Trinajstić information content (AvgIpc) is 2.19. The summed E-state index contributed by atoms with van der Waals surface area (Å²) in [5, 5.41) is 0. The van der Waals surface area contributed by atoms with Crippen LogP contribution in [0, 0.1) is 6.92 Å². The van der Waals surface area contributed by atoms with Crippen LogP contribution in [0.15, 0.2) is 23.2 Å². The van der Waals surface area contributed by atoms with Crippen LogP contribution in [-0.2, 0) is 11.2 Å². The third-order valence-electron chi connectivity index (χ3n) is 2.34. The molecule has 3 nitrogen and oxygen atoms in total. The minimum Gasteiger partial charge on any atom is -0.491 e. The summed E-state index contributed by atoms with van der Waals surface area (Å²) in [5.41, 5.74) is 2.30. The molecule has 0 bridgehead atoms. The molecule has 0 radical (unpaired) electrons. The highest BCUT2D eigenvalue weighted by Gasteiger charge is 2.18. The van der Waals surface area contributed by atoms with Crippen molar-refractivity contribution in [1.82, 2.24) is 0 Å². The second-order valence-corrected chi connectivity index (χ2v) is 3.50. The minimum absolute atomic E-state index is 0.0669. The van der Waals surface area contributed by atoms with Gasteiger partial charge in [0, 0.05) is 6.42 Å². The van der Waals surface area contributed by atoms with E-state index in [1.807, 2.05) is 25.1 Å². The maximum Gasteiger partial charge on any atom is 0.235 e. The van der Waals surface area contributed by atoms with E-state index in [9.17, 15) is 4.79 Å². The van der Waals surface area contributed by atoms with Gasteiger partial charge in [-0.3, -0.25) is 0 Å². The van der Waals surface area contributed by atoms with Gasteiger partial charge in [-0.05, 0) is 24.1 Å². The fourth-order valence-electron chi connectivity index (χ4n) is 1.62. The van der Waals surface area contributed by atoms with Crippen LogP contribution >= 0.6 is 0 Å². The van der Waals surface area contributed by atoms with Gasteiger partial charge in [0.15, 0.2) is 0 Å². The summed E-state index contributed by atoms with van der Waals surface area (Å²) < 4.78 is 5.50. The predicted molar refractivity (Wildman–Crippen MR) is 52.3 cm³/mol. The van der Waals surface area contributed by atoms with Gasteiger partial charge in [0.25, 0.3) is 0 Å². The van der Waals surface area contributed by atoms with Gasteiger partial charge < -0.3 is 4.74 Å². The second-order valence-electron chi connectivity index (χ2n) is 3.50. The summed E-state index contributed by atoms with van der Waals surface area (Å²) in [6, 6.07) is 6.01. The van der Waals surface area contributed by atoms with E-state index in [1.165, 1.54) is 5.56 Å². The normalized spacial score (nSPS) is 19.1. The molecule has 1 aliphatic heterocycles. The molecular formula is C11H11NO2. The Hall–Kier alpha value is -1.60. The number of ether oxygens (including phenoxy) is 1. The highest BCUT2D eigenvalue weighted by Crippen LogP contribution is 2.26. The fourth-order valence-corrected chi connectivity index (χ4v) is 1.62. The quantitative estimate of drug-likeness (QED) is 0.497. The van der Waals surface area contributed by atoms with Crippen molar-refractivity contribution in [2.75, 3.05) is 6.61 Å². The van der Waals surface area contributed by atoms with Crippen LogP contribution in [0.3, 0.4) is 0 Å². The highest BCUT2D eigenvalue weighted by atomic mass is 16.5. The van der Waals surface area contributed by atoms with Gasteiger partial charge in [-0.2, -0.15) is 4.99 Å². The van der Waals surface area contributed by atoms with Crippen LogP contribution in [-0.4, -0.2) is 18.7 Å². The Labute approximate surface area is 82.4 Å². The molecule has 1 unspecified atom stereocenters. The van der Waals surface area contributed by atoms with Gasteiger partial charge in [-0.25, -0.2) is 4.79 Å². The first-order valence-electron chi connectivity index (χ1n) is 4.59. The molecular weight excluding hydrogens is 178 g/mol. The molecule has 0 amide bonds. The van der Waals surface area contributed by atoms with Crippen LogP contribution < -0.4 is 4.74 Å². The Kier molecular flexibility index (Phi) is 2.33. The summed E-state index contributed by atoms with van der Waals surface area (Å²) in [4.78, 5) is 13.8. The molecule has 14 heavy (non-hydrogen) atoms. The van der Waals surface area contributed by atoms with Crippen LogP contribution in [0.25, 0.3) is 0 Å². The molecule has 1 aliphatic rings. The maximum absolute atomic E-state index is 10.1. The molecule has 0 spiro atoms. The third kappa shape index (κ3) is 1.68. The smallest absolute Gasteiger partial charge is 0.235 e. The van der Waals surface area contributed by atoms with E-state index in [2.05, 4.69) is 4.99 Å². The maximum atomic E-state index is 10.1. The lowest BCUT2D eigenvalue weighted by molar-refractivity contribution is 0.264. The van der Waals surface area contributed by atoms with Crippen molar-refractivity contribution < 1.29 is 9.53 Å². The van der Waals surface area contributed by atoms with Crippen molar-refractivity contribution in [2.24, 2.45) is 4.99 Å². The monoisotopic (exact) mass is 189 g/mol. The molecule has 0 saturated carbocycles. The van der Waals surface area contributed by atoms with Gasteiger partial charge in [0.2, 0.25) is 6.08 Å². The summed E-state index contributed by atoms with van der Waals surface area (Å²) in [5.74, 6) is 0.919. The second kappa shape index (κ2) is 3.64. The number of rotatable bonds is 1. The zero-order chi connectivity index (χ0) is 9.97. The molecule has 0 aromatic heterocycles. The molecule has 0 aliphatic carbocycles. The largest absolute Gasteiger partial charge is 0.491 e. The van der Waals surface area contributed by atoms with Crippen molar-refractivity contribution in [3.05, 3.63) is 29.3 Å². The number of nitrogens with zero attached hydrogens (tertiary/aromatic N) is 1. The van der Waals surface area contributed by atoms with Crippen molar-refractivity contribution in [3.63, 3.8) is 0 Å². The van der Waals surface area contributed by atoms with Gasteiger partial charge in [0.05, 0.1) is 0 Å². The SMILES string of the molecule is Cc1ccc2c(c1)OCC(N=C=O)C2. The standard InChI is InChI=1S/C11H11NO2/c1-8-2-3-9-5-10(12-7-13)6-14-11(9)4-8/h2-4,10H,5-6H2,1H3. The minimum atomic E-state index is -0.0669. The zero-order valence-electron chi connectivity index (χ0n) is 7.99. The third-order valence-corrected chi connectivity index (χ3v) is 2.34. The van der Waals surface area contributed by atoms with E-state index in [1.54, 1.807) is 6.08 Å². The molecule has 1 heterocycles. The van der Waals surface area contributed by atoms with Crippen LogP contribution in [0.4, 0.5) is 0 Å². The number of aryl methyl sites for hydroxylation is 1. The Morgan fingerprint density at radius 2 is 2.43 bits per heavy atom. The molecule has 1 aromatic rings. The topological polar surface area (TPSA) is 38.7 Å². The first kappa shape index (κ1) is 8.97. The molecule has 3 heteroatoms. The Morgan fingerprint density at radius 1 is 1.57 bits per heavy atom. The molecule has 0 saturated heterocycles.